The summed E-state index contributed by atoms with van der Waals surface area (Å²) in [5, 5.41) is 4.64. The third-order valence-corrected chi connectivity index (χ3v) is 3.86. The summed E-state index contributed by atoms with van der Waals surface area (Å²) >= 11 is 0. The predicted molar refractivity (Wildman–Crippen MR) is 88.2 cm³/mol. The summed E-state index contributed by atoms with van der Waals surface area (Å²) in [5.74, 6) is -0.240. The highest BCUT2D eigenvalue weighted by molar-refractivity contribution is 5.73. The molecule has 5 heteroatoms. The number of nitrogens with zero attached hydrogens (tertiary/aromatic N) is 3. The molecule has 0 amide bonds. The summed E-state index contributed by atoms with van der Waals surface area (Å²) in [6, 6.07) is 11.9. The molecule has 0 bridgehead atoms. The first-order valence-electron chi connectivity index (χ1n) is 7.67. The van der Waals surface area contributed by atoms with Gasteiger partial charge in [0.15, 0.2) is 5.65 Å². The van der Waals surface area contributed by atoms with Crippen LogP contribution in [-0.2, 0) is 16.0 Å². The molecule has 0 saturated carbocycles. The maximum absolute atomic E-state index is 11.8. The normalized spacial score (nSPS) is 10.9. The van der Waals surface area contributed by atoms with E-state index in [0.29, 0.717) is 6.61 Å². The van der Waals surface area contributed by atoms with Gasteiger partial charge in [0.05, 0.1) is 18.7 Å². The number of esters is 1. The summed E-state index contributed by atoms with van der Waals surface area (Å²) in [5.41, 5.74) is 5.33. The van der Waals surface area contributed by atoms with Gasteiger partial charge in [-0.2, -0.15) is 5.10 Å². The number of hydrogen-bond acceptors (Lipinski definition) is 4. The van der Waals surface area contributed by atoms with Gasteiger partial charge in [-0.3, -0.25) is 4.79 Å². The van der Waals surface area contributed by atoms with Crippen LogP contribution < -0.4 is 0 Å². The summed E-state index contributed by atoms with van der Waals surface area (Å²) in [6.07, 6.45) is 0.217. The minimum absolute atomic E-state index is 0.217. The van der Waals surface area contributed by atoms with Crippen molar-refractivity contribution in [3.05, 3.63) is 53.3 Å². The molecule has 2 aromatic heterocycles. The van der Waals surface area contributed by atoms with Crippen LogP contribution in [0, 0.1) is 13.8 Å². The lowest BCUT2D eigenvalue weighted by Crippen LogP contribution is -2.13. The Morgan fingerprint density at radius 3 is 2.65 bits per heavy atom. The van der Waals surface area contributed by atoms with Gasteiger partial charge in [-0.1, -0.05) is 30.3 Å². The van der Waals surface area contributed by atoms with Crippen LogP contribution in [0.3, 0.4) is 0 Å². The van der Waals surface area contributed by atoms with E-state index >= 15 is 0 Å². The van der Waals surface area contributed by atoms with Gasteiger partial charge in [0.25, 0.3) is 0 Å². The van der Waals surface area contributed by atoms with Crippen LogP contribution in [0.2, 0.25) is 0 Å². The largest absolute Gasteiger partial charge is 0.466 e. The molecule has 1 aromatic carbocycles. The first-order valence-corrected chi connectivity index (χ1v) is 7.67. The number of ether oxygens (including phenoxy) is 1. The number of carbonyl (C=O) groups is 1. The van der Waals surface area contributed by atoms with E-state index in [0.717, 1.165) is 33.9 Å². The van der Waals surface area contributed by atoms with Crippen LogP contribution in [0.4, 0.5) is 0 Å². The number of fused-ring (bicyclic) bond motifs is 1. The highest BCUT2D eigenvalue weighted by Gasteiger charge is 2.16. The number of aromatic nitrogens is 3. The second-order valence-electron chi connectivity index (χ2n) is 5.41. The molecule has 0 N–H and O–H groups in total. The number of benzene rings is 1. The van der Waals surface area contributed by atoms with Gasteiger partial charge in [-0.05, 0) is 20.8 Å². The van der Waals surface area contributed by atoms with E-state index in [1.807, 2.05) is 50.2 Å². The zero-order valence-corrected chi connectivity index (χ0v) is 13.5. The van der Waals surface area contributed by atoms with Crippen molar-refractivity contribution in [3.8, 4) is 11.3 Å². The van der Waals surface area contributed by atoms with Gasteiger partial charge in [0.1, 0.15) is 0 Å². The molecule has 3 aromatic rings. The summed E-state index contributed by atoms with van der Waals surface area (Å²) in [7, 11) is 0. The molecule has 0 aliphatic carbocycles. The van der Waals surface area contributed by atoms with E-state index in [1.165, 1.54) is 0 Å². The topological polar surface area (TPSA) is 56.5 Å². The molecule has 0 spiro atoms. The van der Waals surface area contributed by atoms with Crippen LogP contribution >= 0.6 is 0 Å². The van der Waals surface area contributed by atoms with Gasteiger partial charge >= 0.3 is 5.97 Å². The van der Waals surface area contributed by atoms with E-state index < -0.39 is 0 Å². The Morgan fingerprint density at radius 2 is 1.96 bits per heavy atom. The van der Waals surface area contributed by atoms with Crippen molar-refractivity contribution in [1.82, 2.24) is 14.6 Å². The first-order chi connectivity index (χ1) is 11.1. The van der Waals surface area contributed by atoms with Crippen molar-refractivity contribution in [1.29, 1.82) is 0 Å². The average Bonchev–Trinajstić information content (AvgIpc) is 2.97. The Bertz CT molecular complexity index is 854. The van der Waals surface area contributed by atoms with Crippen LogP contribution in [0.1, 0.15) is 23.9 Å². The maximum Gasteiger partial charge on any atom is 0.310 e. The number of hydrogen-bond donors (Lipinski definition) is 0. The monoisotopic (exact) mass is 309 g/mol. The average molecular weight is 309 g/mol. The minimum Gasteiger partial charge on any atom is -0.466 e. The lowest BCUT2D eigenvalue weighted by molar-refractivity contribution is -0.142. The standard InChI is InChI=1S/C18H19N3O2/c1-4-23-18(22)10-15-12(2)19-17-11-16(20-21(17)13(15)3)14-8-6-5-7-9-14/h5-9,11H,4,10H2,1-3H3. The molecule has 0 fully saturated rings. The lowest BCUT2D eigenvalue weighted by Gasteiger charge is -2.10. The molecule has 0 atom stereocenters. The molecule has 0 saturated heterocycles. The Balaban J connectivity index is 2.06. The Hall–Kier alpha value is -2.69. The van der Waals surface area contributed by atoms with Gasteiger partial charge in [-0.25, -0.2) is 9.50 Å². The van der Waals surface area contributed by atoms with Gasteiger partial charge in [0.2, 0.25) is 0 Å². The number of carbonyl (C=O) groups excluding carboxylic acids is 1. The van der Waals surface area contributed by atoms with Gasteiger partial charge < -0.3 is 4.74 Å². The molecule has 5 nitrogen and oxygen atoms in total. The lowest BCUT2D eigenvalue weighted by atomic mass is 10.1. The van der Waals surface area contributed by atoms with Crippen LogP contribution in [0.5, 0.6) is 0 Å². The third kappa shape index (κ3) is 2.95. The van der Waals surface area contributed by atoms with Crippen LogP contribution in [0.25, 0.3) is 16.9 Å². The van der Waals surface area contributed by atoms with Gasteiger partial charge in [0, 0.05) is 28.6 Å². The smallest absolute Gasteiger partial charge is 0.310 e. The highest BCUT2D eigenvalue weighted by atomic mass is 16.5. The Labute approximate surface area is 134 Å². The summed E-state index contributed by atoms with van der Waals surface area (Å²) < 4.78 is 6.84. The molecule has 0 radical (unpaired) electrons. The molecule has 0 unspecified atom stereocenters. The van der Waals surface area contributed by atoms with Crippen molar-refractivity contribution in [2.75, 3.05) is 6.61 Å². The summed E-state index contributed by atoms with van der Waals surface area (Å²) in [6.45, 7) is 6.06. The van der Waals surface area contributed by atoms with E-state index in [2.05, 4.69) is 10.1 Å². The third-order valence-electron chi connectivity index (χ3n) is 3.86. The zero-order valence-electron chi connectivity index (χ0n) is 13.5. The second kappa shape index (κ2) is 6.20. The maximum atomic E-state index is 11.8. The number of aryl methyl sites for hydroxylation is 2. The zero-order chi connectivity index (χ0) is 16.4. The molecule has 118 valence electrons. The van der Waals surface area contributed by atoms with E-state index in [1.54, 1.807) is 11.4 Å². The summed E-state index contributed by atoms with van der Waals surface area (Å²) in [4.78, 5) is 16.4. The van der Waals surface area contributed by atoms with Crippen molar-refractivity contribution in [3.63, 3.8) is 0 Å². The van der Waals surface area contributed by atoms with Gasteiger partial charge in [-0.15, -0.1) is 0 Å². The predicted octanol–water partition coefficient (Wildman–Crippen LogP) is 3.12. The molecule has 3 rings (SSSR count). The SMILES string of the molecule is CCOC(=O)Cc1c(C)nc2cc(-c3ccccc3)nn2c1C. The highest BCUT2D eigenvalue weighted by Crippen LogP contribution is 2.22. The molecule has 23 heavy (non-hydrogen) atoms. The molecular formula is C18H19N3O2. The van der Waals surface area contributed by atoms with Crippen molar-refractivity contribution in [2.24, 2.45) is 0 Å². The fourth-order valence-electron chi connectivity index (χ4n) is 2.69. The van der Waals surface area contributed by atoms with E-state index in [9.17, 15) is 4.79 Å². The van der Waals surface area contributed by atoms with Crippen LogP contribution in [-0.4, -0.2) is 27.2 Å². The van der Waals surface area contributed by atoms with Crippen molar-refractivity contribution < 1.29 is 9.53 Å². The Kier molecular flexibility index (Phi) is 4.10. The fourth-order valence-corrected chi connectivity index (χ4v) is 2.69. The number of rotatable bonds is 4. The second-order valence-corrected chi connectivity index (χ2v) is 5.41. The minimum atomic E-state index is -0.240. The quantitative estimate of drug-likeness (QED) is 0.695. The van der Waals surface area contributed by atoms with Crippen LogP contribution in [0.15, 0.2) is 36.4 Å². The molecular weight excluding hydrogens is 290 g/mol. The van der Waals surface area contributed by atoms with E-state index in [-0.39, 0.29) is 12.4 Å². The van der Waals surface area contributed by atoms with Crippen molar-refractivity contribution >= 4 is 11.6 Å². The molecule has 0 aliphatic heterocycles. The van der Waals surface area contributed by atoms with E-state index in [4.69, 9.17) is 4.74 Å². The first kappa shape index (κ1) is 15.2. The molecule has 0 aliphatic rings. The Morgan fingerprint density at radius 1 is 1.22 bits per heavy atom. The fraction of sp³-hybridized carbons (Fsp3) is 0.278. The van der Waals surface area contributed by atoms with Crippen molar-refractivity contribution in [2.45, 2.75) is 27.2 Å². The molecule has 2 heterocycles.